The lowest BCUT2D eigenvalue weighted by Gasteiger charge is -2.17. The third-order valence-corrected chi connectivity index (χ3v) is 3.80. The molecular formula is C18H16O4. The van der Waals surface area contributed by atoms with E-state index in [4.69, 9.17) is 9.15 Å². The van der Waals surface area contributed by atoms with Gasteiger partial charge in [-0.3, -0.25) is 4.79 Å². The normalized spacial score (nSPS) is 15.7. The van der Waals surface area contributed by atoms with E-state index in [-0.39, 0.29) is 11.8 Å². The zero-order chi connectivity index (χ0) is 15.7. The highest BCUT2D eigenvalue weighted by Crippen LogP contribution is 2.28. The van der Waals surface area contributed by atoms with Crippen molar-refractivity contribution in [3.05, 3.63) is 64.1 Å². The second-order valence-electron chi connectivity index (χ2n) is 5.31. The quantitative estimate of drug-likeness (QED) is 0.628. The Morgan fingerprint density at radius 2 is 2.05 bits per heavy atom. The Labute approximate surface area is 128 Å². The summed E-state index contributed by atoms with van der Waals surface area (Å²) in [6, 6.07) is 8.79. The number of hydrogen-bond donors (Lipinski definition) is 0. The number of ketones is 1. The highest BCUT2D eigenvalue weighted by molar-refractivity contribution is 6.13. The van der Waals surface area contributed by atoms with E-state index in [1.54, 1.807) is 24.3 Å². The molecule has 0 atom stereocenters. The summed E-state index contributed by atoms with van der Waals surface area (Å²) in [5.41, 5.74) is 2.74. The van der Waals surface area contributed by atoms with Crippen LogP contribution in [0.4, 0.5) is 0 Å². The van der Waals surface area contributed by atoms with Crippen LogP contribution in [0.25, 0.3) is 6.08 Å². The van der Waals surface area contributed by atoms with Crippen LogP contribution in [0, 0.1) is 6.92 Å². The molecule has 0 unspecified atom stereocenters. The van der Waals surface area contributed by atoms with Gasteiger partial charge in [-0.25, -0.2) is 4.79 Å². The smallest absolute Gasteiger partial charge is 0.337 e. The van der Waals surface area contributed by atoms with Gasteiger partial charge in [0.1, 0.15) is 11.5 Å². The zero-order valence-electron chi connectivity index (χ0n) is 12.5. The third-order valence-electron chi connectivity index (χ3n) is 3.80. The number of Topliss-reactive ketones (excluding diaryl/α,β-unsaturated/α-hetero) is 1. The van der Waals surface area contributed by atoms with E-state index in [1.165, 1.54) is 7.11 Å². The zero-order valence-corrected chi connectivity index (χ0v) is 12.5. The van der Waals surface area contributed by atoms with Crippen LogP contribution in [0.2, 0.25) is 0 Å². The molecule has 0 saturated heterocycles. The number of allylic oxidation sites excluding steroid dienone is 1. The average Bonchev–Trinajstić information content (AvgIpc) is 2.94. The number of aryl methyl sites for hydroxylation is 2. The maximum Gasteiger partial charge on any atom is 0.337 e. The number of ether oxygens (including phenoxy) is 1. The molecule has 3 rings (SSSR count). The van der Waals surface area contributed by atoms with Crippen LogP contribution in [0.15, 0.2) is 40.3 Å². The number of fused-ring (bicyclic) bond motifs is 1. The molecule has 0 radical (unpaired) electrons. The van der Waals surface area contributed by atoms with Crippen molar-refractivity contribution in [2.45, 2.75) is 19.8 Å². The Hall–Kier alpha value is -2.62. The molecule has 2 aromatic rings. The summed E-state index contributed by atoms with van der Waals surface area (Å²) < 4.78 is 10.2. The topological polar surface area (TPSA) is 56.5 Å². The molecule has 1 heterocycles. The fourth-order valence-electron chi connectivity index (χ4n) is 2.66. The molecule has 1 aromatic heterocycles. The lowest BCUT2D eigenvalue weighted by atomic mass is 9.85. The first-order valence-electron chi connectivity index (χ1n) is 7.11. The predicted molar refractivity (Wildman–Crippen MR) is 81.9 cm³/mol. The number of carbonyl (C=O) groups excluding carboxylic acids is 2. The summed E-state index contributed by atoms with van der Waals surface area (Å²) in [6.45, 7) is 1.87. The fourth-order valence-corrected chi connectivity index (χ4v) is 2.66. The SMILES string of the molecule is COC(=O)c1ccc2c(c1)CCC(=Cc1ccc(C)o1)C2=O. The molecule has 0 spiro atoms. The largest absolute Gasteiger partial charge is 0.465 e. The molecule has 4 nitrogen and oxygen atoms in total. The lowest BCUT2D eigenvalue weighted by Crippen LogP contribution is -2.15. The van der Waals surface area contributed by atoms with Gasteiger partial charge in [0.2, 0.25) is 0 Å². The van der Waals surface area contributed by atoms with Crippen molar-refractivity contribution >= 4 is 17.8 Å². The molecule has 0 N–H and O–H groups in total. The molecule has 4 heteroatoms. The maximum atomic E-state index is 12.6. The van der Waals surface area contributed by atoms with Crippen LogP contribution in [0.5, 0.6) is 0 Å². The Bertz CT molecular complexity index is 780. The minimum atomic E-state index is -0.386. The molecule has 1 aromatic carbocycles. The van der Waals surface area contributed by atoms with Crippen molar-refractivity contribution in [2.24, 2.45) is 0 Å². The summed E-state index contributed by atoms with van der Waals surface area (Å²) in [6.07, 6.45) is 3.15. The van der Waals surface area contributed by atoms with E-state index >= 15 is 0 Å². The molecular weight excluding hydrogens is 280 g/mol. The van der Waals surface area contributed by atoms with Crippen molar-refractivity contribution in [3.63, 3.8) is 0 Å². The first-order chi connectivity index (χ1) is 10.6. The maximum absolute atomic E-state index is 12.6. The number of rotatable bonds is 2. The Balaban J connectivity index is 1.93. The van der Waals surface area contributed by atoms with Crippen LogP contribution < -0.4 is 0 Å². The summed E-state index contributed by atoms with van der Waals surface area (Å²) in [5, 5.41) is 0. The van der Waals surface area contributed by atoms with Gasteiger partial charge in [-0.05, 0) is 61.7 Å². The summed E-state index contributed by atoms with van der Waals surface area (Å²) >= 11 is 0. The van der Waals surface area contributed by atoms with Gasteiger partial charge in [-0.1, -0.05) is 0 Å². The van der Waals surface area contributed by atoms with Crippen molar-refractivity contribution < 1.29 is 18.7 Å². The van der Waals surface area contributed by atoms with Crippen molar-refractivity contribution in [2.75, 3.05) is 7.11 Å². The molecule has 0 fully saturated rings. The van der Waals surface area contributed by atoms with E-state index in [1.807, 2.05) is 19.1 Å². The van der Waals surface area contributed by atoms with Crippen LogP contribution in [0.1, 0.15) is 44.2 Å². The first-order valence-corrected chi connectivity index (χ1v) is 7.11. The van der Waals surface area contributed by atoms with E-state index in [0.717, 1.165) is 23.3 Å². The van der Waals surface area contributed by atoms with Crippen molar-refractivity contribution in [1.82, 2.24) is 0 Å². The minimum absolute atomic E-state index is 0.00767. The minimum Gasteiger partial charge on any atom is -0.465 e. The van der Waals surface area contributed by atoms with Gasteiger partial charge < -0.3 is 9.15 Å². The first kappa shape index (κ1) is 14.3. The summed E-state index contributed by atoms with van der Waals surface area (Å²) in [4.78, 5) is 24.1. The van der Waals surface area contributed by atoms with E-state index < -0.39 is 0 Å². The van der Waals surface area contributed by atoms with Crippen LogP contribution in [-0.2, 0) is 11.2 Å². The Kier molecular flexibility index (Phi) is 3.67. The number of esters is 1. The number of furan rings is 1. The lowest BCUT2D eigenvalue weighted by molar-refractivity contribution is 0.0600. The summed E-state index contributed by atoms with van der Waals surface area (Å²) in [7, 11) is 1.35. The number of carbonyl (C=O) groups is 2. The molecule has 1 aliphatic carbocycles. The van der Waals surface area contributed by atoms with Crippen molar-refractivity contribution in [1.29, 1.82) is 0 Å². The van der Waals surface area contributed by atoms with Gasteiger partial charge in [0, 0.05) is 11.1 Å². The second-order valence-corrected chi connectivity index (χ2v) is 5.31. The van der Waals surface area contributed by atoms with E-state index in [2.05, 4.69) is 0 Å². The van der Waals surface area contributed by atoms with E-state index in [9.17, 15) is 9.59 Å². The standard InChI is InChI=1S/C18H16O4/c1-11-3-7-15(22-11)10-13-5-4-12-9-14(18(20)21-2)6-8-16(12)17(13)19/h3,6-10H,4-5H2,1-2H3. The predicted octanol–water partition coefficient (Wildman–Crippen LogP) is 3.59. The van der Waals surface area contributed by atoms with Crippen molar-refractivity contribution in [3.8, 4) is 0 Å². The van der Waals surface area contributed by atoms with Gasteiger partial charge in [0.15, 0.2) is 5.78 Å². The average molecular weight is 296 g/mol. The summed E-state index contributed by atoms with van der Waals surface area (Å²) in [5.74, 6) is 1.11. The molecule has 1 aliphatic rings. The molecule has 112 valence electrons. The molecule has 0 aliphatic heterocycles. The Morgan fingerprint density at radius 3 is 2.73 bits per heavy atom. The number of hydrogen-bond acceptors (Lipinski definition) is 4. The molecule has 0 amide bonds. The van der Waals surface area contributed by atoms with Gasteiger partial charge in [0.25, 0.3) is 0 Å². The van der Waals surface area contributed by atoms with Gasteiger partial charge >= 0.3 is 5.97 Å². The highest BCUT2D eigenvalue weighted by Gasteiger charge is 2.23. The van der Waals surface area contributed by atoms with Crippen LogP contribution in [0.3, 0.4) is 0 Å². The highest BCUT2D eigenvalue weighted by atomic mass is 16.5. The molecule has 0 saturated carbocycles. The third kappa shape index (κ3) is 2.60. The van der Waals surface area contributed by atoms with Gasteiger partial charge in [-0.2, -0.15) is 0 Å². The molecule has 0 bridgehead atoms. The van der Waals surface area contributed by atoms with Crippen LogP contribution >= 0.6 is 0 Å². The van der Waals surface area contributed by atoms with Crippen LogP contribution in [-0.4, -0.2) is 18.9 Å². The van der Waals surface area contributed by atoms with Gasteiger partial charge in [0.05, 0.1) is 12.7 Å². The fraction of sp³-hybridized carbons (Fsp3) is 0.222. The number of benzene rings is 1. The molecule has 22 heavy (non-hydrogen) atoms. The second kappa shape index (κ2) is 5.64. The van der Waals surface area contributed by atoms with E-state index in [0.29, 0.717) is 23.3 Å². The Morgan fingerprint density at radius 1 is 1.23 bits per heavy atom. The number of methoxy groups -OCH3 is 1. The monoisotopic (exact) mass is 296 g/mol. The van der Waals surface area contributed by atoms with Gasteiger partial charge in [-0.15, -0.1) is 0 Å².